The summed E-state index contributed by atoms with van der Waals surface area (Å²) in [6, 6.07) is 11.6. The zero-order valence-electron chi connectivity index (χ0n) is 12.0. The molecule has 0 fully saturated rings. The summed E-state index contributed by atoms with van der Waals surface area (Å²) in [5.41, 5.74) is 2.00. The van der Waals surface area contributed by atoms with Crippen molar-refractivity contribution in [2.24, 2.45) is 0 Å². The summed E-state index contributed by atoms with van der Waals surface area (Å²) in [6.45, 7) is 3.32. The Bertz CT molecular complexity index is 602. The van der Waals surface area contributed by atoms with Crippen molar-refractivity contribution in [3.05, 3.63) is 51.5 Å². The maximum Gasteiger partial charge on any atom is 0.156 e. The van der Waals surface area contributed by atoms with Crippen LogP contribution in [0.3, 0.4) is 0 Å². The van der Waals surface area contributed by atoms with Gasteiger partial charge in [-0.2, -0.15) is 0 Å². The van der Waals surface area contributed by atoms with Crippen molar-refractivity contribution >= 4 is 33.2 Å². The Hall–Kier alpha value is -1.39. The summed E-state index contributed by atoms with van der Waals surface area (Å²) >= 11 is 9.52. The Morgan fingerprint density at radius 2 is 1.90 bits per heavy atom. The molecular weight excluding hydrogens is 354 g/mol. The van der Waals surface area contributed by atoms with Crippen LogP contribution in [0.1, 0.15) is 12.5 Å². The molecule has 2 aromatic carbocycles. The van der Waals surface area contributed by atoms with Crippen LogP contribution in [0.2, 0.25) is 5.02 Å². The van der Waals surface area contributed by atoms with Gasteiger partial charge in [0.2, 0.25) is 0 Å². The number of rotatable bonds is 6. The lowest BCUT2D eigenvalue weighted by molar-refractivity contribution is 0.340. The van der Waals surface area contributed by atoms with Crippen LogP contribution < -0.4 is 14.8 Å². The summed E-state index contributed by atoms with van der Waals surface area (Å²) in [5.74, 6) is 1.62. The molecule has 0 amide bonds. The molecule has 3 nitrogen and oxygen atoms in total. The van der Waals surface area contributed by atoms with Gasteiger partial charge in [0.05, 0.1) is 23.9 Å². The van der Waals surface area contributed by atoms with Crippen molar-refractivity contribution in [1.29, 1.82) is 0 Å². The average Bonchev–Trinajstić information content (AvgIpc) is 2.46. The zero-order chi connectivity index (χ0) is 15.2. The Kier molecular flexibility index (Phi) is 5.76. The molecule has 1 N–H and O–H groups in total. The largest absolute Gasteiger partial charge is 0.494 e. The minimum absolute atomic E-state index is 0.650. The minimum atomic E-state index is 0.650. The molecule has 0 heterocycles. The topological polar surface area (TPSA) is 30.5 Å². The molecule has 0 aliphatic carbocycles. The van der Waals surface area contributed by atoms with E-state index in [1.807, 2.05) is 43.3 Å². The van der Waals surface area contributed by atoms with Crippen molar-refractivity contribution in [3.63, 3.8) is 0 Å². The van der Waals surface area contributed by atoms with Crippen molar-refractivity contribution in [1.82, 2.24) is 0 Å². The molecule has 112 valence electrons. The van der Waals surface area contributed by atoms with Crippen molar-refractivity contribution in [2.75, 3.05) is 19.0 Å². The van der Waals surface area contributed by atoms with Gasteiger partial charge in [0.15, 0.2) is 5.75 Å². The fourth-order valence-corrected chi connectivity index (χ4v) is 2.94. The highest BCUT2D eigenvalue weighted by molar-refractivity contribution is 9.10. The minimum Gasteiger partial charge on any atom is -0.494 e. The van der Waals surface area contributed by atoms with Gasteiger partial charge in [-0.25, -0.2) is 0 Å². The smallest absolute Gasteiger partial charge is 0.156 e. The molecule has 0 aliphatic heterocycles. The quantitative estimate of drug-likeness (QED) is 0.765. The van der Waals surface area contributed by atoms with Crippen LogP contribution in [0.4, 0.5) is 5.69 Å². The van der Waals surface area contributed by atoms with E-state index < -0.39 is 0 Å². The highest BCUT2D eigenvalue weighted by Gasteiger charge is 2.09. The first kappa shape index (κ1) is 16.0. The number of anilines is 1. The Labute approximate surface area is 138 Å². The second-order valence-corrected chi connectivity index (χ2v) is 5.69. The molecule has 5 heteroatoms. The molecule has 0 saturated carbocycles. The van der Waals surface area contributed by atoms with Crippen LogP contribution >= 0.6 is 27.5 Å². The van der Waals surface area contributed by atoms with Gasteiger partial charge in [-0.15, -0.1) is 0 Å². The number of hydrogen-bond donors (Lipinski definition) is 1. The lowest BCUT2D eigenvalue weighted by Crippen LogP contribution is -2.02. The summed E-state index contributed by atoms with van der Waals surface area (Å²) in [6.07, 6.45) is 0. The molecule has 21 heavy (non-hydrogen) atoms. The van der Waals surface area contributed by atoms with Gasteiger partial charge in [0.1, 0.15) is 5.75 Å². The predicted octanol–water partition coefficient (Wildman–Crippen LogP) is 5.12. The second-order valence-electron chi connectivity index (χ2n) is 4.40. The van der Waals surface area contributed by atoms with Gasteiger partial charge in [0.25, 0.3) is 0 Å². The van der Waals surface area contributed by atoms with Crippen molar-refractivity contribution in [2.45, 2.75) is 13.5 Å². The average molecular weight is 371 g/mol. The van der Waals surface area contributed by atoms with E-state index in [1.54, 1.807) is 7.11 Å². The Morgan fingerprint density at radius 1 is 1.19 bits per heavy atom. The van der Waals surface area contributed by atoms with E-state index in [4.69, 9.17) is 21.1 Å². The first-order valence-corrected chi connectivity index (χ1v) is 7.79. The highest BCUT2D eigenvalue weighted by atomic mass is 79.9. The van der Waals surface area contributed by atoms with E-state index >= 15 is 0 Å². The van der Waals surface area contributed by atoms with Crippen molar-refractivity contribution < 1.29 is 9.47 Å². The first-order chi connectivity index (χ1) is 10.1. The van der Waals surface area contributed by atoms with Gasteiger partial charge >= 0.3 is 0 Å². The van der Waals surface area contributed by atoms with E-state index in [0.717, 1.165) is 27.2 Å². The van der Waals surface area contributed by atoms with E-state index in [-0.39, 0.29) is 0 Å². The molecule has 0 unspecified atom stereocenters. The lowest BCUT2D eigenvalue weighted by Gasteiger charge is -2.13. The standard InChI is InChI=1S/C16H17BrClNO2/c1-3-21-13-6-4-11(5-7-13)10-19-15-9-12(18)8-14(17)16(15)20-2/h4-9,19H,3,10H2,1-2H3. The zero-order valence-corrected chi connectivity index (χ0v) is 14.3. The number of halogens is 2. The van der Waals surface area contributed by atoms with Crippen LogP contribution in [-0.2, 0) is 6.54 Å². The first-order valence-electron chi connectivity index (χ1n) is 6.62. The SMILES string of the molecule is CCOc1ccc(CNc2cc(Cl)cc(Br)c2OC)cc1. The molecule has 2 rings (SSSR count). The van der Waals surface area contributed by atoms with Gasteiger partial charge < -0.3 is 14.8 Å². The lowest BCUT2D eigenvalue weighted by atomic mass is 10.2. The van der Waals surface area contributed by atoms with Crippen LogP contribution in [-0.4, -0.2) is 13.7 Å². The maximum absolute atomic E-state index is 6.07. The summed E-state index contributed by atoms with van der Waals surface area (Å²) in [4.78, 5) is 0. The second kappa shape index (κ2) is 7.57. The number of benzene rings is 2. The number of methoxy groups -OCH3 is 1. The van der Waals surface area contributed by atoms with Gasteiger partial charge in [-0.3, -0.25) is 0 Å². The monoisotopic (exact) mass is 369 g/mol. The van der Waals surface area contributed by atoms with Gasteiger partial charge in [0, 0.05) is 11.6 Å². The molecule has 0 radical (unpaired) electrons. The Balaban J connectivity index is 2.09. The molecule has 0 aliphatic rings. The molecule has 0 bridgehead atoms. The third-order valence-corrected chi connectivity index (χ3v) is 3.74. The molecular formula is C16H17BrClNO2. The third-order valence-electron chi connectivity index (χ3n) is 2.93. The molecule has 0 spiro atoms. The molecule has 0 atom stereocenters. The van der Waals surface area contributed by atoms with Crippen LogP contribution in [0, 0.1) is 0 Å². The van der Waals surface area contributed by atoms with E-state index in [0.29, 0.717) is 18.2 Å². The number of ether oxygens (including phenoxy) is 2. The molecule has 0 saturated heterocycles. The van der Waals surface area contributed by atoms with Crippen LogP contribution in [0.15, 0.2) is 40.9 Å². The highest BCUT2D eigenvalue weighted by Crippen LogP contribution is 2.36. The van der Waals surface area contributed by atoms with E-state index in [1.165, 1.54) is 0 Å². The maximum atomic E-state index is 6.07. The van der Waals surface area contributed by atoms with Crippen molar-refractivity contribution in [3.8, 4) is 11.5 Å². The Morgan fingerprint density at radius 3 is 2.52 bits per heavy atom. The number of nitrogens with one attached hydrogen (secondary N) is 1. The summed E-state index contributed by atoms with van der Waals surface area (Å²) in [5, 5.41) is 3.98. The fourth-order valence-electron chi connectivity index (χ4n) is 1.97. The third kappa shape index (κ3) is 4.29. The molecule has 0 aromatic heterocycles. The predicted molar refractivity (Wildman–Crippen MR) is 90.6 cm³/mol. The van der Waals surface area contributed by atoms with Gasteiger partial charge in [-0.05, 0) is 52.7 Å². The fraction of sp³-hybridized carbons (Fsp3) is 0.250. The summed E-state index contributed by atoms with van der Waals surface area (Å²) < 4.78 is 11.6. The van der Waals surface area contributed by atoms with E-state index in [9.17, 15) is 0 Å². The normalized spacial score (nSPS) is 10.3. The molecule has 2 aromatic rings. The van der Waals surface area contributed by atoms with Crippen LogP contribution in [0.5, 0.6) is 11.5 Å². The number of hydrogen-bond acceptors (Lipinski definition) is 3. The van der Waals surface area contributed by atoms with Gasteiger partial charge in [-0.1, -0.05) is 23.7 Å². The van der Waals surface area contributed by atoms with Crippen LogP contribution in [0.25, 0.3) is 0 Å². The summed E-state index contributed by atoms with van der Waals surface area (Å²) in [7, 11) is 1.63. The van der Waals surface area contributed by atoms with E-state index in [2.05, 4.69) is 21.2 Å².